The van der Waals surface area contributed by atoms with Crippen molar-refractivity contribution in [2.45, 2.75) is 31.6 Å². The molecule has 4 N–H and O–H groups in total. The molecule has 0 spiro atoms. The first-order valence-corrected chi connectivity index (χ1v) is 12.4. The summed E-state index contributed by atoms with van der Waals surface area (Å²) in [5.74, 6) is 2.10. The minimum Gasteiger partial charge on any atom is -0.382 e. The normalized spacial score (nSPS) is 19.9. The number of nitrogens with two attached hydrogens (primary N) is 1. The van der Waals surface area contributed by atoms with Crippen molar-refractivity contribution in [2.75, 3.05) is 18.5 Å². The molecule has 3 heterocycles. The van der Waals surface area contributed by atoms with Crippen LogP contribution in [-0.2, 0) is 10.0 Å². The number of imidazole rings is 1. The third-order valence-corrected chi connectivity index (χ3v) is 6.93. The molecular formula is C22H26N6O2S. The second-order valence-corrected chi connectivity index (χ2v) is 10.3. The summed E-state index contributed by atoms with van der Waals surface area (Å²) in [6.07, 6.45) is 8.70. The Hall–Kier alpha value is -2.91. The third-order valence-electron chi connectivity index (χ3n) is 6.24. The highest BCUT2D eigenvalue weighted by atomic mass is 32.2. The van der Waals surface area contributed by atoms with Gasteiger partial charge >= 0.3 is 0 Å². The fourth-order valence-corrected chi connectivity index (χ4v) is 5.20. The van der Waals surface area contributed by atoms with Crippen LogP contribution >= 0.6 is 0 Å². The van der Waals surface area contributed by atoms with Gasteiger partial charge in [-0.1, -0.05) is 18.2 Å². The molecule has 0 atom stereocenters. The highest BCUT2D eigenvalue weighted by molar-refractivity contribution is 7.88. The second-order valence-electron chi connectivity index (χ2n) is 8.46. The van der Waals surface area contributed by atoms with Crippen LogP contribution in [0.2, 0.25) is 0 Å². The van der Waals surface area contributed by atoms with Gasteiger partial charge in [-0.3, -0.25) is 4.40 Å². The van der Waals surface area contributed by atoms with Crippen LogP contribution in [0, 0.1) is 5.92 Å². The number of hydrogen-bond acceptors (Lipinski definition) is 5. The van der Waals surface area contributed by atoms with E-state index in [0.29, 0.717) is 24.2 Å². The van der Waals surface area contributed by atoms with E-state index in [9.17, 15) is 8.42 Å². The van der Waals surface area contributed by atoms with Crippen molar-refractivity contribution in [3.05, 3.63) is 48.5 Å². The van der Waals surface area contributed by atoms with Gasteiger partial charge in [0.15, 0.2) is 0 Å². The molecule has 0 amide bonds. The van der Waals surface area contributed by atoms with Crippen LogP contribution in [0.15, 0.2) is 42.7 Å². The van der Waals surface area contributed by atoms with E-state index in [2.05, 4.69) is 31.2 Å². The fraction of sp³-hybridized carbons (Fsp3) is 0.364. The number of rotatable bonds is 5. The van der Waals surface area contributed by atoms with E-state index in [-0.39, 0.29) is 0 Å². The monoisotopic (exact) mass is 438 g/mol. The lowest BCUT2D eigenvalue weighted by Crippen LogP contribution is -2.30. The quantitative estimate of drug-likeness (QED) is 0.442. The summed E-state index contributed by atoms with van der Waals surface area (Å²) < 4.78 is 27.5. The first kappa shape index (κ1) is 20.0. The average Bonchev–Trinajstić information content (AvgIpc) is 3.34. The van der Waals surface area contributed by atoms with Crippen LogP contribution in [0.1, 0.15) is 37.4 Å². The maximum absolute atomic E-state index is 11.4. The Bertz CT molecular complexity index is 1320. The van der Waals surface area contributed by atoms with Crippen molar-refractivity contribution < 1.29 is 8.42 Å². The first-order valence-electron chi connectivity index (χ1n) is 10.5. The first-order chi connectivity index (χ1) is 14.9. The Morgan fingerprint density at radius 2 is 2.00 bits per heavy atom. The Morgan fingerprint density at radius 1 is 1.23 bits per heavy atom. The van der Waals surface area contributed by atoms with Gasteiger partial charge in [-0.25, -0.2) is 23.1 Å². The summed E-state index contributed by atoms with van der Waals surface area (Å²) in [6.45, 7) is 0.505. The number of para-hydroxylation sites is 1. The molecule has 1 fully saturated rings. The number of aromatic nitrogens is 4. The SMILES string of the molecule is CS(=O)(=O)NCC1CCC(c2nc(-c3cc4ccccc4[nH]3)c3c(N)nccn23)CC1. The number of hydrogen-bond donors (Lipinski definition) is 3. The van der Waals surface area contributed by atoms with Gasteiger partial charge in [-0.05, 0) is 43.7 Å². The second kappa shape index (κ2) is 7.65. The molecule has 5 rings (SSSR count). The van der Waals surface area contributed by atoms with Crippen molar-refractivity contribution in [1.82, 2.24) is 24.1 Å². The molecule has 1 aliphatic rings. The molecule has 3 aromatic heterocycles. The number of fused-ring (bicyclic) bond motifs is 2. The standard InChI is InChI=1S/C22H26N6O2S/c1-31(29,30)25-13-14-6-8-15(9-7-14)22-27-19(20-21(23)24-10-11-28(20)22)18-12-16-4-2-3-5-17(16)26-18/h2-5,10-12,14-15,25-26H,6-9,13H2,1H3,(H2,23,24). The van der Waals surface area contributed by atoms with E-state index in [1.54, 1.807) is 6.20 Å². The lowest BCUT2D eigenvalue weighted by Gasteiger charge is -2.27. The summed E-state index contributed by atoms with van der Waals surface area (Å²) in [6, 6.07) is 10.2. The minimum absolute atomic E-state index is 0.293. The molecular weight excluding hydrogens is 412 g/mol. The van der Waals surface area contributed by atoms with Crippen LogP contribution in [0.3, 0.4) is 0 Å². The molecule has 8 nitrogen and oxygen atoms in total. The van der Waals surface area contributed by atoms with Crippen molar-refractivity contribution in [3.8, 4) is 11.4 Å². The van der Waals surface area contributed by atoms with Gasteiger partial charge in [0.2, 0.25) is 10.0 Å². The molecule has 0 aliphatic heterocycles. The highest BCUT2D eigenvalue weighted by Gasteiger charge is 2.28. The van der Waals surface area contributed by atoms with Gasteiger partial charge in [-0.15, -0.1) is 0 Å². The lowest BCUT2D eigenvalue weighted by atomic mass is 9.81. The van der Waals surface area contributed by atoms with E-state index in [4.69, 9.17) is 10.7 Å². The van der Waals surface area contributed by atoms with Crippen LogP contribution in [-0.4, -0.2) is 40.6 Å². The molecule has 4 aromatic rings. The predicted octanol–water partition coefficient (Wildman–Crippen LogP) is 3.28. The summed E-state index contributed by atoms with van der Waals surface area (Å²) in [5.41, 5.74) is 9.91. The van der Waals surface area contributed by atoms with Crippen LogP contribution in [0.25, 0.3) is 27.8 Å². The lowest BCUT2D eigenvalue weighted by molar-refractivity contribution is 0.318. The van der Waals surface area contributed by atoms with Crippen molar-refractivity contribution >= 4 is 32.3 Å². The average molecular weight is 439 g/mol. The molecule has 1 aliphatic carbocycles. The van der Waals surface area contributed by atoms with E-state index in [0.717, 1.165) is 59.3 Å². The topological polar surface area (TPSA) is 118 Å². The van der Waals surface area contributed by atoms with E-state index < -0.39 is 10.0 Å². The summed E-state index contributed by atoms with van der Waals surface area (Å²) in [4.78, 5) is 12.8. The number of benzene rings is 1. The summed E-state index contributed by atoms with van der Waals surface area (Å²) >= 11 is 0. The van der Waals surface area contributed by atoms with Crippen LogP contribution < -0.4 is 10.5 Å². The van der Waals surface area contributed by atoms with Crippen molar-refractivity contribution in [2.24, 2.45) is 5.92 Å². The molecule has 162 valence electrons. The van der Waals surface area contributed by atoms with Gasteiger partial charge in [0.25, 0.3) is 0 Å². The number of H-pyrrole nitrogens is 1. The van der Waals surface area contributed by atoms with Gasteiger partial charge < -0.3 is 10.7 Å². The molecule has 0 bridgehead atoms. The van der Waals surface area contributed by atoms with Crippen molar-refractivity contribution in [3.63, 3.8) is 0 Å². The number of anilines is 1. The molecule has 0 radical (unpaired) electrons. The number of nitrogens with one attached hydrogen (secondary N) is 2. The number of nitrogen functional groups attached to an aromatic ring is 1. The van der Waals surface area contributed by atoms with E-state index in [1.807, 2.05) is 24.4 Å². The van der Waals surface area contributed by atoms with Crippen LogP contribution in [0.5, 0.6) is 0 Å². The highest BCUT2D eigenvalue weighted by Crippen LogP contribution is 2.38. The summed E-state index contributed by atoms with van der Waals surface area (Å²) in [5, 5.41) is 1.13. The zero-order chi connectivity index (χ0) is 21.6. The zero-order valence-electron chi connectivity index (χ0n) is 17.4. The number of sulfonamides is 1. The Morgan fingerprint density at radius 3 is 2.74 bits per heavy atom. The van der Waals surface area contributed by atoms with E-state index in [1.165, 1.54) is 6.26 Å². The molecule has 1 aromatic carbocycles. The molecule has 31 heavy (non-hydrogen) atoms. The van der Waals surface area contributed by atoms with E-state index >= 15 is 0 Å². The van der Waals surface area contributed by atoms with Crippen molar-refractivity contribution in [1.29, 1.82) is 0 Å². The molecule has 0 saturated heterocycles. The van der Waals surface area contributed by atoms with Gasteiger partial charge in [0.05, 0.1) is 11.9 Å². The Labute approximate surface area is 181 Å². The smallest absolute Gasteiger partial charge is 0.208 e. The van der Waals surface area contributed by atoms with Gasteiger partial charge in [0.1, 0.15) is 22.9 Å². The Balaban J connectivity index is 1.47. The predicted molar refractivity (Wildman–Crippen MR) is 122 cm³/mol. The van der Waals surface area contributed by atoms with Gasteiger partial charge in [0, 0.05) is 35.8 Å². The fourth-order valence-electron chi connectivity index (χ4n) is 4.66. The molecule has 0 unspecified atom stereocenters. The Kier molecular flexibility index (Phi) is 4.94. The minimum atomic E-state index is -3.15. The zero-order valence-corrected chi connectivity index (χ0v) is 18.2. The summed E-state index contributed by atoms with van der Waals surface area (Å²) in [7, 11) is -3.15. The van der Waals surface area contributed by atoms with Crippen LogP contribution in [0.4, 0.5) is 5.82 Å². The van der Waals surface area contributed by atoms with Gasteiger partial charge in [-0.2, -0.15) is 0 Å². The largest absolute Gasteiger partial charge is 0.382 e. The maximum atomic E-state index is 11.4. The number of aromatic amines is 1. The number of nitrogens with zero attached hydrogens (tertiary/aromatic N) is 3. The maximum Gasteiger partial charge on any atom is 0.208 e. The molecule has 9 heteroatoms. The molecule has 1 saturated carbocycles. The third kappa shape index (κ3) is 3.90.